The molecule has 4 heteroatoms. The van der Waals surface area contributed by atoms with Crippen molar-refractivity contribution >= 4 is 29.1 Å². The number of halogens is 2. The lowest BCUT2D eigenvalue weighted by Crippen LogP contribution is -2.39. The molecular formula is C10H9Cl2NO. The normalized spacial score (nSPS) is 20.2. The maximum Gasteiger partial charge on any atom is 0.251 e. The molecule has 1 N–H and O–H groups in total. The van der Waals surface area contributed by atoms with E-state index in [2.05, 4.69) is 5.32 Å². The lowest BCUT2D eigenvalue weighted by Gasteiger charge is -2.23. The number of amides is 1. The summed E-state index contributed by atoms with van der Waals surface area (Å²) < 4.78 is 0. The molecule has 2 nitrogen and oxygen atoms in total. The second-order valence-electron chi connectivity index (χ2n) is 3.49. The largest absolute Gasteiger partial charge is 0.349 e. The zero-order chi connectivity index (χ0) is 10.3. The molecule has 74 valence electrons. The number of hydrogen-bond donors (Lipinski definition) is 1. The summed E-state index contributed by atoms with van der Waals surface area (Å²) in [5.74, 6) is -0.0943. The molecule has 0 aliphatic carbocycles. The van der Waals surface area contributed by atoms with E-state index in [1.807, 2.05) is 6.92 Å². The molecule has 14 heavy (non-hydrogen) atoms. The zero-order valence-electron chi connectivity index (χ0n) is 7.60. The summed E-state index contributed by atoms with van der Waals surface area (Å²) in [5.41, 5.74) is 1.49. The first-order chi connectivity index (χ1) is 6.58. The van der Waals surface area contributed by atoms with E-state index in [1.165, 1.54) is 0 Å². The van der Waals surface area contributed by atoms with E-state index in [0.29, 0.717) is 15.6 Å². The van der Waals surface area contributed by atoms with Gasteiger partial charge >= 0.3 is 0 Å². The van der Waals surface area contributed by atoms with Crippen LogP contribution in [0.4, 0.5) is 0 Å². The molecule has 1 aliphatic rings. The third-order valence-corrected chi connectivity index (χ3v) is 2.85. The van der Waals surface area contributed by atoms with Crippen LogP contribution in [0.1, 0.15) is 22.8 Å². The lowest BCUT2D eigenvalue weighted by molar-refractivity contribution is 0.0929. The van der Waals surface area contributed by atoms with Gasteiger partial charge in [-0.2, -0.15) is 0 Å². The fourth-order valence-corrected chi connectivity index (χ4v) is 2.24. The van der Waals surface area contributed by atoms with Crippen molar-refractivity contribution in [2.24, 2.45) is 0 Å². The van der Waals surface area contributed by atoms with E-state index < -0.39 is 0 Å². The van der Waals surface area contributed by atoms with Gasteiger partial charge in [0.2, 0.25) is 0 Å². The van der Waals surface area contributed by atoms with Gasteiger partial charge < -0.3 is 5.32 Å². The summed E-state index contributed by atoms with van der Waals surface area (Å²) in [4.78, 5) is 11.6. The van der Waals surface area contributed by atoms with E-state index in [1.54, 1.807) is 12.1 Å². The molecule has 1 atom stereocenters. The third kappa shape index (κ3) is 1.60. The number of nitrogens with one attached hydrogen (secondary N) is 1. The van der Waals surface area contributed by atoms with Gasteiger partial charge in [0.25, 0.3) is 5.91 Å². The van der Waals surface area contributed by atoms with Gasteiger partial charge in [0, 0.05) is 21.7 Å². The highest BCUT2D eigenvalue weighted by molar-refractivity contribution is 6.35. The minimum absolute atomic E-state index is 0.0943. The van der Waals surface area contributed by atoms with Gasteiger partial charge in [0.05, 0.1) is 0 Å². The van der Waals surface area contributed by atoms with Gasteiger partial charge in [-0.25, -0.2) is 0 Å². The standard InChI is InChI=1S/C10H9Cl2NO/c1-5-2-7-8(10(14)13-5)3-6(11)4-9(7)12/h3-5H,2H2,1H3,(H,13,14). The quantitative estimate of drug-likeness (QED) is 0.729. The van der Waals surface area contributed by atoms with Crippen LogP contribution in [0.2, 0.25) is 10.0 Å². The van der Waals surface area contributed by atoms with Crippen molar-refractivity contribution in [3.63, 3.8) is 0 Å². The molecule has 0 bridgehead atoms. The summed E-state index contributed by atoms with van der Waals surface area (Å²) in [6.45, 7) is 1.95. The zero-order valence-corrected chi connectivity index (χ0v) is 9.12. The Morgan fingerprint density at radius 3 is 2.86 bits per heavy atom. The molecule has 0 aromatic heterocycles. The van der Waals surface area contributed by atoms with E-state index in [4.69, 9.17) is 23.2 Å². The Hall–Kier alpha value is -0.730. The first-order valence-electron chi connectivity index (χ1n) is 4.36. The van der Waals surface area contributed by atoms with Crippen LogP contribution >= 0.6 is 23.2 Å². The van der Waals surface area contributed by atoms with E-state index in [-0.39, 0.29) is 11.9 Å². The number of benzene rings is 1. The summed E-state index contributed by atoms with van der Waals surface area (Å²) in [7, 11) is 0. The van der Waals surface area contributed by atoms with Crippen LogP contribution in [0.25, 0.3) is 0 Å². The Bertz CT molecular complexity index is 403. The molecule has 1 amide bonds. The molecule has 0 saturated carbocycles. The van der Waals surface area contributed by atoms with Crippen LogP contribution in [0, 0.1) is 0 Å². The average molecular weight is 230 g/mol. The minimum atomic E-state index is -0.0943. The van der Waals surface area contributed by atoms with Crippen molar-refractivity contribution in [1.29, 1.82) is 0 Å². The highest BCUT2D eigenvalue weighted by Crippen LogP contribution is 2.28. The molecule has 1 aliphatic heterocycles. The molecule has 0 saturated heterocycles. The number of hydrogen-bond acceptors (Lipinski definition) is 1. The average Bonchev–Trinajstić information content (AvgIpc) is 2.07. The van der Waals surface area contributed by atoms with Crippen LogP contribution in [-0.4, -0.2) is 11.9 Å². The fourth-order valence-electron chi connectivity index (χ4n) is 1.67. The van der Waals surface area contributed by atoms with Gasteiger partial charge in [-0.15, -0.1) is 0 Å². The summed E-state index contributed by atoms with van der Waals surface area (Å²) >= 11 is 11.8. The van der Waals surface area contributed by atoms with Crippen molar-refractivity contribution < 1.29 is 4.79 Å². The topological polar surface area (TPSA) is 29.1 Å². The van der Waals surface area contributed by atoms with E-state index in [0.717, 1.165) is 12.0 Å². The minimum Gasteiger partial charge on any atom is -0.349 e. The maximum atomic E-state index is 11.6. The second kappa shape index (κ2) is 3.44. The summed E-state index contributed by atoms with van der Waals surface area (Å²) in [5, 5.41) is 3.91. The monoisotopic (exact) mass is 229 g/mol. The SMILES string of the molecule is CC1Cc2c(Cl)cc(Cl)cc2C(=O)N1. The molecule has 0 radical (unpaired) electrons. The Morgan fingerprint density at radius 2 is 2.14 bits per heavy atom. The number of carbonyl (C=O) groups excluding carboxylic acids is 1. The first-order valence-corrected chi connectivity index (χ1v) is 5.12. The molecular weight excluding hydrogens is 221 g/mol. The third-order valence-electron chi connectivity index (χ3n) is 2.29. The van der Waals surface area contributed by atoms with Crippen LogP contribution in [0.15, 0.2) is 12.1 Å². The highest BCUT2D eigenvalue weighted by Gasteiger charge is 2.23. The van der Waals surface area contributed by atoms with Gasteiger partial charge in [0.15, 0.2) is 0 Å². The van der Waals surface area contributed by atoms with E-state index in [9.17, 15) is 4.79 Å². The first kappa shape index (κ1) is 9.81. The molecule has 0 fully saturated rings. The molecule has 2 rings (SSSR count). The summed E-state index contributed by atoms with van der Waals surface area (Å²) in [6.07, 6.45) is 0.761. The molecule has 1 unspecified atom stereocenters. The number of carbonyl (C=O) groups is 1. The van der Waals surface area contributed by atoms with Crippen LogP contribution in [0.5, 0.6) is 0 Å². The van der Waals surface area contributed by atoms with Crippen molar-refractivity contribution in [3.8, 4) is 0 Å². The number of rotatable bonds is 0. The summed E-state index contributed by atoms with van der Waals surface area (Å²) in [6, 6.07) is 3.46. The highest BCUT2D eigenvalue weighted by atomic mass is 35.5. The van der Waals surface area contributed by atoms with Crippen LogP contribution in [0.3, 0.4) is 0 Å². The Labute approximate surface area is 92.2 Å². The Balaban J connectivity index is 2.59. The van der Waals surface area contributed by atoms with Crippen molar-refractivity contribution in [3.05, 3.63) is 33.3 Å². The Morgan fingerprint density at radius 1 is 1.43 bits per heavy atom. The van der Waals surface area contributed by atoms with Crippen LogP contribution in [-0.2, 0) is 6.42 Å². The molecule has 1 aromatic carbocycles. The smallest absolute Gasteiger partial charge is 0.251 e. The maximum absolute atomic E-state index is 11.6. The van der Waals surface area contributed by atoms with Crippen LogP contribution < -0.4 is 5.32 Å². The van der Waals surface area contributed by atoms with Gasteiger partial charge in [-0.3, -0.25) is 4.79 Å². The van der Waals surface area contributed by atoms with Crippen molar-refractivity contribution in [2.45, 2.75) is 19.4 Å². The lowest BCUT2D eigenvalue weighted by atomic mass is 9.96. The second-order valence-corrected chi connectivity index (χ2v) is 4.34. The predicted octanol–water partition coefficient (Wildman–Crippen LogP) is 2.67. The molecule has 1 heterocycles. The molecule has 0 spiro atoms. The Kier molecular flexibility index (Phi) is 2.41. The number of fused-ring (bicyclic) bond motifs is 1. The van der Waals surface area contributed by atoms with E-state index >= 15 is 0 Å². The van der Waals surface area contributed by atoms with Gasteiger partial charge in [-0.05, 0) is 31.0 Å². The molecule has 1 aromatic rings. The van der Waals surface area contributed by atoms with Crippen molar-refractivity contribution in [1.82, 2.24) is 5.32 Å². The fraction of sp³-hybridized carbons (Fsp3) is 0.300. The predicted molar refractivity (Wildman–Crippen MR) is 57.1 cm³/mol. The van der Waals surface area contributed by atoms with Gasteiger partial charge in [-0.1, -0.05) is 23.2 Å². The van der Waals surface area contributed by atoms with Gasteiger partial charge in [0.1, 0.15) is 0 Å². The van der Waals surface area contributed by atoms with Crippen molar-refractivity contribution in [2.75, 3.05) is 0 Å².